The second-order valence-corrected chi connectivity index (χ2v) is 6.95. The lowest BCUT2D eigenvalue weighted by Crippen LogP contribution is -2.27. The highest BCUT2D eigenvalue weighted by molar-refractivity contribution is 7.10. The Morgan fingerprint density at radius 1 is 1.57 bits per heavy atom. The Bertz CT molecular complexity index is 659. The summed E-state index contributed by atoms with van der Waals surface area (Å²) in [5.41, 5.74) is 2.94. The monoisotopic (exact) mass is 304 g/mol. The van der Waals surface area contributed by atoms with Crippen LogP contribution in [0, 0.1) is 12.8 Å². The molecule has 0 aromatic carbocycles. The fourth-order valence-electron chi connectivity index (χ4n) is 2.87. The molecule has 21 heavy (non-hydrogen) atoms. The van der Waals surface area contributed by atoms with Gasteiger partial charge in [0.2, 0.25) is 0 Å². The summed E-state index contributed by atoms with van der Waals surface area (Å²) in [5.74, 6) is 1.59. The van der Waals surface area contributed by atoms with E-state index in [1.165, 1.54) is 16.9 Å². The molecular formula is C16H20N2O2S. The van der Waals surface area contributed by atoms with Crippen LogP contribution in [0.25, 0.3) is 0 Å². The molecule has 1 aliphatic carbocycles. The quantitative estimate of drug-likeness (QED) is 0.872. The summed E-state index contributed by atoms with van der Waals surface area (Å²) in [4.78, 5) is 15.8. The fourth-order valence-corrected chi connectivity index (χ4v) is 4.11. The smallest absolute Gasteiger partial charge is 0.255 e. The van der Waals surface area contributed by atoms with Crippen molar-refractivity contribution < 1.29 is 9.32 Å². The molecular weight excluding hydrogens is 284 g/mol. The van der Waals surface area contributed by atoms with E-state index in [4.69, 9.17) is 4.52 Å². The van der Waals surface area contributed by atoms with Crippen molar-refractivity contribution in [1.82, 2.24) is 10.1 Å². The van der Waals surface area contributed by atoms with Crippen LogP contribution >= 0.6 is 11.3 Å². The average molecular weight is 304 g/mol. The maximum atomic E-state index is 12.6. The van der Waals surface area contributed by atoms with Crippen LogP contribution in [-0.4, -0.2) is 23.0 Å². The summed E-state index contributed by atoms with van der Waals surface area (Å²) in [6.07, 6.45) is 3.31. The van der Waals surface area contributed by atoms with Gasteiger partial charge in [-0.2, -0.15) is 0 Å². The van der Waals surface area contributed by atoms with Gasteiger partial charge in [0.1, 0.15) is 11.5 Å². The third-order valence-electron chi connectivity index (χ3n) is 4.05. The van der Waals surface area contributed by atoms with Gasteiger partial charge in [0.05, 0.1) is 12.1 Å². The van der Waals surface area contributed by atoms with Crippen LogP contribution in [0.3, 0.4) is 0 Å². The van der Waals surface area contributed by atoms with Crippen molar-refractivity contribution in [2.45, 2.75) is 39.7 Å². The van der Waals surface area contributed by atoms with Crippen LogP contribution in [0.2, 0.25) is 0 Å². The molecule has 0 radical (unpaired) electrons. The van der Waals surface area contributed by atoms with Crippen LogP contribution in [-0.2, 0) is 19.4 Å². The number of amides is 1. The molecule has 0 aliphatic heterocycles. The first-order chi connectivity index (χ1) is 10.0. The number of carbonyl (C=O) groups is 1. The highest BCUT2D eigenvalue weighted by Gasteiger charge is 2.25. The van der Waals surface area contributed by atoms with E-state index in [0.29, 0.717) is 6.54 Å². The molecule has 0 bridgehead atoms. The maximum absolute atomic E-state index is 12.6. The Hall–Kier alpha value is -1.62. The van der Waals surface area contributed by atoms with Gasteiger partial charge in [-0.15, -0.1) is 11.3 Å². The summed E-state index contributed by atoms with van der Waals surface area (Å²) in [5, 5.41) is 5.97. The molecule has 0 saturated carbocycles. The number of carbonyl (C=O) groups excluding carboxylic acids is 1. The van der Waals surface area contributed by atoms with Gasteiger partial charge < -0.3 is 9.42 Å². The number of aromatic nitrogens is 1. The van der Waals surface area contributed by atoms with Crippen LogP contribution in [0.4, 0.5) is 0 Å². The van der Waals surface area contributed by atoms with Crippen molar-refractivity contribution >= 4 is 17.2 Å². The molecule has 5 heteroatoms. The van der Waals surface area contributed by atoms with Crippen molar-refractivity contribution in [3.8, 4) is 0 Å². The van der Waals surface area contributed by atoms with Gasteiger partial charge >= 0.3 is 0 Å². The van der Waals surface area contributed by atoms with Gasteiger partial charge in [0.25, 0.3) is 5.91 Å². The van der Waals surface area contributed by atoms with Crippen LogP contribution in [0.5, 0.6) is 0 Å². The fraction of sp³-hybridized carbons (Fsp3) is 0.500. The number of rotatable bonds is 3. The lowest BCUT2D eigenvalue weighted by Gasteiger charge is -2.20. The summed E-state index contributed by atoms with van der Waals surface area (Å²) in [6.45, 7) is 4.62. The topological polar surface area (TPSA) is 46.3 Å². The van der Waals surface area contributed by atoms with E-state index in [1.807, 2.05) is 25.4 Å². The van der Waals surface area contributed by atoms with Gasteiger partial charge in [-0.25, -0.2) is 0 Å². The molecule has 1 aliphatic rings. The third kappa shape index (κ3) is 2.88. The van der Waals surface area contributed by atoms with Crippen LogP contribution in [0.15, 0.2) is 16.0 Å². The zero-order valence-electron chi connectivity index (χ0n) is 12.7. The van der Waals surface area contributed by atoms with Crippen molar-refractivity contribution in [3.05, 3.63) is 38.9 Å². The van der Waals surface area contributed by atoms with E-state index in [-0.39, 0.29) is 5.91 Å². The van der Waals surface area contributed by atoms with E-state index in [1.54, 1.807) is 16.2 Å². The molecule has 3 rings (SSSR count). The molecule has 0 spiro atoms. The van der Waals surface area contributed by atoms with Crippen molar-refractivity contribution in [3.63, 3.8) is 0 Å². The number of fused-ring (bicyclic) bond motifs is 1. The summed E-state index contributed by atoms with van der Waals surface area (Å²) < 4.78 is 5.05. The summed E-state index contributed by atoms with van der Waals surface area (Å²) in [7, 11) is 1.82. The second-order valence-electron chi connectivity index (χ2n) is 5.99. The van der Waals surface area contributed by atoms with Gasteiger partial charge in [0.15, 0.2) is 0 Å². The zero-order valence-corrected chi connectivity index (χ0v) is 13.5. The molecule has 0 N–H and O–H groups in total. The molecule has 1 atom stereocenters. The van der Waals surface area contributed by atoms with Gasteiger partial charge in [-0.3, -0.25) is 4.79 Å². The summed E-state index contributed by atoms with van der Waals surface area (Å²) in [6, 6.07) is 1.87. The molecule has 112 valence electrons. The van der Waals surface area contributed by atoms with Crippen molar-refractivity contribution in [2.75, 3.05) is 7.05 Å². The minimum absolute atomic E-state index is 0.0858. The van der Waals surface area contributed by atoms with E-state index >= 15 is 0 Å². The maximum Gasteiger partial charge on any atom is 0.255 e. The number of hydrogen-bond donors (Lipinski definition) is 0. The SMILES string of the molecule is Cc1cc(CN(C)C(=O)c2csc3c2CC[C@H](C)C3)no1. The minimum atomic E-state index is 0.0858. The van der Waals surface area contributed by atoms with Gasteiger partial charge in [-0.1, -0.05) is 12.1 Å². The molecule has 2 aromatic rings. The largest absolute Gasteiger partial charge is 0.361 e. The number of aryl methyl sites for hydroxylation is 1. The van der Waals surface area contributed by atoms with Crippen LogP contribution in [0.1, 0.15) is 45.6 Å². The molecule has 0 saturated heterocycles. The lowest BCUT2D eigenvalue weighted by molar-refractivity contribution is 0.0781. The lowest BCUT2D eigenvalue weighted by atomic mass is 9.88. The molecule has 0 unspecified atom stereocenters. The van der Waals surface area contributed by atoms with E-state index < -0.39 is 0 Å². The highest BCUT2D eigenvalue weighted by atomic mass is 32.1. The number of thiophene rings is 1. The number of nitrogens with zero attached hydrogens (tertiary/aromatic N) is 2. The molecule has 1 amide bonds. The summed E-state index contributed by atoms with van der Waals surface area (Å²) >= 11 is 1.73. The Morgan fingerprint density at radius 3 is 3.10 bits per heavy atom. The van der Waals surface area contributed by atoms with Gasteiger partial charge in [0, 0.05) is 23.4 Å². The third-order valence-corrected chi connectivity index (χ3v) is 5.11. The molecule has 4 nitrogen and oxygen atoms in total. The van der Waals surface area contributed by atoms with E-state index in [9.17, 15) is 4.79 Å². The Labute approximate surface area is 128 Å². The zero-order chi connectivity index (χ0) is 15.0. The van der Waals surface area contributed by atoms with E-state index in [2.05, 4.69) is 12.1 Å². The first kappa shape index (κ1) is 14.3. The van der Waals surface area contributed by atoms with Crippen molar-refractivity contribution in [2.24, 2.45) is 5.92 Å². The molecule has 0 fully saturated rings. The predicted octanol–water partition coefficient (Wildman–Crippen LogP) is 3.44. The normalized spacial score (nSPS) is 17.6. The number of hydrogen-bond acceptors (Lipinski definition) is 4. The standard InChI is InChI=1S/C16H20N2O2S/c1-10-4-5-13-14(9-21-15(13)6-10)16(19)18(3)8-12-7-11(2)20-17-12/h7,9-10H,4-6,8H2,1-3H3/t10-/m0/s1. The van der Waals surface area contributed by atoms with Crippen LogP contribution < -0.4 is 0 Å². The first-order valence-electron chi connectivity index (χ1n) is 7.31. The predicted molar refractivity (Wildman–Crippen MR) is 82.5 cm³/mol. The second kappa shape index (κ2) is 5.64. The Kier molecular flexibility index (Phi) is 3.85. The molecule has 2 heterocycles. The first-order valence-corrected chi connectivity index (χ1v) is 8.19. The average Bonchev–Trinajstić information content (AvgIpc) is 3.03. The highest BCUT2D eigenvalue weighted by Crippen LogP contribution is 2.33. The van der Waals surface area contributed by atoms with Gasteiger partial charge in [-0.05, 0) is 37.7 Å². The molecule has 2 aromatic heterocycles. The van der Waals surface area contributed by atoms with E-state index in [0.717, 1.165) is 35.8 Å². The van der Waals surface area contributed by atoms with Crippen molar-refractivity contribution in [1.29, 1.82) is 0 Å². The minimum Gasteiger partial charge on any atom is -0.361 e. The Balaban J connectivity index is 1.76. The Morgan fingerprint density at radius 2 is 2.38 bits per heavy atom.